The molecule has 2 aliphatic carbocycles. The number of piperidine rings is 1. The number of rotatable bonds is 3. The Labute approximate surface area is 130 Å². The molecule has 0 spiro atoms. The topological polar surface area (TPSA) is 58.1 Å². The molecule has 2 heterocycles. The zero-order valence-corrected chi connectivity index (χ0v) is 13.5. The van der Waals surface area contributed by atoms with E-state index in [1.54, 1.807) is 11.3 Å². The average Bonchev–Trinajstić information content (AvgIpc) is 3.16. The van der Waals surface area contributed by atoms with Crippen molar-refractivity contribution in [2.45, 2.75) is 31.7 Å². The molecule has 20 heavy (non-hydrogen) atoms. The first-order valence-electron chi connectivity index (χ1n) is 7.25. The summed E-state index contributed by atoms with van der Waals surface area (Å²) in [7, 11) is 0. The fourth-order valence-corrected chi connectivity index (χ4v) is 4.67. The molecule has 5 nitrogen and oxygen atoms in total. The van der Waals surface area contributed by atoms with Gasteiger partial charge in [-0.25, -0.2) is 0 Å². The van der Waals surface area contributed by atoms with Gasteiger partial charge >= 0.3 is 0 Å². The smallest absolute Gasteiger partial charge is 0.223 e. The number of carbonyl (C=O) groups excluding carboxylic acids is 1. The number of hydrogen-bond donors (Lipinski definition) is 1. The SMILES string of the molecule is O=C(N[C@H]1C2CC[C@H]1CN(c1nnc(Br)s1)C2)C1CC1. The van der Waals surface area contributed by atoms with Crippen LogP contribution >= 0.6 is 27.3 Å². The first kappa shape index (κ1) is 13.0. The van der Waals surface area contributed by atoms with Crippen molar-refractivity contribution in [1.82, 2.24) is 15.5 Å². The van der Waals surface area contributed by atoms with Crippen LogP contribution in [0, 0.1) is 17.8 Å². The standard InChI is InChI=1S/C13H17BrN4OS/c14-12-16-17-13(20-12)18-5-8-3-4-9(6-18)10(8)15-11(19)7-1-2-7/h7-10H,1-6H2,(H,15,19)/t8-,9?,10+/m0/s1. The van der Waals surface area contributed by atoms with Crippen LogP contribution in [0.15, 0.2) is 3.92 Å². The molecule has 1 aromatic heterocycles. The Bertz CT molecular complexity index is 518. The van der Waals surface area contributed by atoms with Gasteiger partial charge in [0.1, 0.15) is 0 Å². The molecule has 3 atom stereocenters. The minimum atomic E-state index is 0.291. The van der Waals surface area contributed by atoms with Gasteiger partial charge in [-0.15, -0.1) is 10.2 Å². The summed E-state index contributed by atoms with van der Waals surface area (Å²) < 4.78 is 0.837. The van der Waals surface area contributed by atoms with E-state index in [9.17, 15) is 4.79 Å². The minimum absolute atomic E-state index is 0.291. The van der Waals surface area contributed by atoms with Crippen molar-refractivity contribution in [2.24, 2.45) is 17.8 Å². The number of nitrogens with one attached hydrogen (secondary N) is 1. The Morgan fingerprint density at radius 3 is 2.45 bits per heavy atom. The van der Waals surface area contributed by atoms with Crippen molar-refractivity contribution in [3.8, 4) is 0 Å². The van der Waals surface area contributed by atoms with Crippen LogP contribution in [0.4, 0.5) is 5.13 Å². The van der Waals surface area contributed by atoms with Gasteiger partial charge in [0, 0.05) is 25.0 Å². The van der Waals surface area contributed by atoms with Gasteiger partial charge in [-0.05, 0) is 53.4 Å². The van der Waals surface area contributed by atoms with Crippen LogP contribution in [0.3, 0.4) is 0 Å². The first-order valence-corrected chi connectivity index (χ1v) is 8.86. The summed E-state index contributed by atoms with van der Waals surface area (Å²) >= 11 is 4.96. The average molecular weight is 357 g/mol. The van der Waals surface area contributed by atoms with Gasteiger partial charge in [-0.2, -0.15) is 0 Å². The lowest BCUT2D eigenvalue weighted by Gasteiger charge is -2.38. The van der Waals surface area contributed by atoms with Crippen molar-refractivity contribution >= 4 is 38.3 Å². The van der Waals surface area contributed by atoms with Gasteiger partial charge in [-0.3, -0.25) is 4.79 Å². The number of hydrogen-bond acceptors (Lipinski definition) is 5. The fourth-order valence-electron chi connectivity index (χ4n) is 3.57. The van der Waals surface area contributed by atoms with Gasteiger partial charge in [0.15, 0.2) is 3.92 Å². The predicted octanol–water partition coefficient (Wildman–Crippen LogP) is 2.04. The quantitative estimate of drug-likeness (QED) is 0.900. The molecule has 1 aliphatic heterocycles. The van der Waals surface area contributed by atoms with Crippen molar-refractivity contribution in [3.63, 3.8) is 0 Å². The lowest BCUT2D eigenvalue weighted by molar-refractivity contribution is -0.123. The van der Waals surface area contributed by atoms with Gasteiger partial charge in [0.05, 0.1) is 0 Å². The third-order valence-electron chi connectivity index (χ3n) is 4.75. The molecule has 0 aromatic carbocycles. The molecular formula is C13H17BrN4OS. The highest BCUT2D eigenvalue weighted by atomic mass is 79.9. The van der Waals surface area contributed by atoms with Crippen molar-refractivity contribution in [2.75, 3.05) is 18.0 Å². The third-order valence-corrected chi connectivity index (χ3v) is 6.17. The number of nitrogens with zero attached hydrogens (tertiary/aromatic N) is 3. The molecule has 0 radical (unpaired) electrons. The molecule has 1 N–H and O–H groups in total. The molecule has 3 aliphatic rings. The summed E-state index contributed by atoms with van der Waals surface area (Å²) in [5.41, 5.74) is 0. The van der Waals surface area contributed by atoms with Gasteiger partial charge in [-0.1, -0.05) is 11.3 Å². The van der Waals surface area contributed by atoms with E-state index in [0.29, 0.717) is 29.7 Å². The second-order valence-electron chi connectivity index (χ2n) is 6.15. The fraction of sp³-hybridized carbons (Fsp3) is 0.769. The molecular weight excluding hydrogens is 340 g/mol. The summed E-state index contributed by atoms with van der Waals surface area (Å²) in [5, 5.41) is 12.6. The van der Waals surface area contributed by atoms with Gasteiger partial charge in [0.2, 0.25) is 11.0 Å². The maximum atomic E-state index is 12.0. The second-order valence-corrected chi connectivity index (χ2v) is 8.38. The van der Waals surface area contributed by atoms with Gasteiger partial charge < -0.3 is 10.2 Å². The van der Waals surface area contributed by atoms with Crippen LogP contribution in [0.2, 0.25) is 0 Å². The highest BCUT2D eigenvalue weighted by Crippen LogP contribution is 2.40. The number of fused-ring (bicyclic) bond motifs is 2. The lowest BCUT2D eigenvalue weighted by atomic mass is 9.92. The van der Waals surface area contributed by atoms with E-state index in [2.05, 4.69) is 36.3 Å². The Balaban J connectivity index is 1.45. The molecule has 2 saturated carbocycles. The Kier molecular flexibility index (Phi) is 3.22. The minimum Gasteiger partial charge on any atom is -0.352 e. The van der Waals surface area contributed by atoms with Crippen molar-refractivity contribution < 1.29 is 4.79 Å². The predicted molar refractivity (Wildman–Crippen MR) is 80.7 cm³/mol. The molecule has 4 rings (SSSR count). The Morgan fingerprint density at radius 2 is 1.90 bits per heavy atom. The normalized spacial score (nSPS) is 32.5. The molecule has 7 heteroatoms. The van der Waals surface area contributed by atoms with E-state index in [-0.39, 0.29) is 0 Å². The van der Waals surface area contributed by atoms with E-state index in [0.717, 1.165) is 35.0 Å². The van der Waals surface area contributed by atoms with Crippen molar-refractivity contribution in [3.05, 3.63) is 3.92 Å². The van der Waals surface area contributed by atoms with Crippen LogP contribution in [-0.2, 0) is 4.79 Å². The molecule has 1 aromatic rings. The Morgan fingerprint density at radius 1 is 1.20 bits per heavy atom. The van der Waals surface area contributed by atoms with Gasteiger partial charge in [0.25, 0.3) is 0 Å². The number of aromatic nitrogens is 2. The van der Waals surface area contributed by atoms with E-state index < -0.39 is 0 Å². The van der Waals surface area contributed by atoms with Crippen LogP contribution in [0.1, 0.15) is 25.7 Å². The molecule has 1 amide bonds. The summed E-state index contributed by atoms with van der Waals surface area (Å²) in [5.74, 6) is 1.74. The molecule has 1 saturated heterocycles. The van der Waals surface area contributed by atoms with Crippen LogP contribution in [0.5, 0.6) is 0 Å². The molecule has 108 valence electrons. The van der Waals surface area contributed by atoms with Crippen molar-refractivity contribution in [1.29, 1.82) is 0 Å². The van der Waals surface area contributed by atoms with E-state index in [4.69, 9.17) is 0 Å². The summed E-state index contributed by atoms with van der Waals surface area (Å²) in [6.07, 6.45) is 4.60. The number of carbonyl (C=O) groups is 1. The maximum Gasteiger partial charge on any atom is 0.223 e. The van der Waals surface area contributed by atoms with E-state index >= 15 is 0 Å². The zero-order valence-electron chi connectivity index (χ0n) is 11.1. The maximum absolute atomic E-state index is 12.0. The molecule has 3 fully saturated rings. The zero-order chi connectivity index (χ0) is 13.7. The summed E-state index contributed by atoms with van der Waals surface area (Å²) in [6.45, 7) is 1.99. The first-order chi connectivity index (χ1) is 9.70. The van der Waals surface area contributed by atoms with Crippen LogP contribution < -0.4 is 10.2 Å². The highest BCUT2D eigenvalue weighted by molar-refractivity contribution is 9.11. The lowest BCUT2D eigenvalue weighted by Crippen LogP contribution is -2.53. The number of amides is 1. The van der Waals surface area contributed by atoms with E-state index in [1.807, 2.05) is 0 Å². The largest absolute Gasteiger partial charge is 0.352 e. The third kappa shape index (κ3) is 2.35. The highest BCUT2D eigenvalue weighted by Gasteiger charge is 2.44. The number of halogens is 1. The molecule has 2 bridgehead atoms. The second kappa shape index (κ2) is 4.94. The van der Waals surface area contributed by atoms with E-state index in [1.165, 1.54) is 12.8 Å². The van der Waals surface area contributed by atoms with Crippen LogP contribution in [0.25, 0.3) is 0 Å². The molecule has 1 unspecified atom stereocenters. The number of anilines is 1. The monoisotopic (exact) mass is 356 g/mol. The summed E-state index contributed by atoms with van der Waals surface area (Å²) in [6, 6.07) is 0.385. The van der Waals surface area contributed by atoms with Crippen LogP contribution in [-0.4, -0.2) is 35.2 Å². The summed E-state index contributed by atoms with van der Waals surface area (Å²) in [4.78, 5) is 14.3. The Hall–Kier alpha value is -0.690.